The lowest BCUT2D eigenvalue weighted by Gasteiger charge is -2.34. The van der Waals surface area contributed by atoms with Crippen molar-refractivity contribution in [3.8, 4) is 17.1 Å². The van der Waals surface area contributed by atoms with Gasteiger partial charge in [-0.2, -0.15) is 13.8 Å². The number of alkyl halides is 2. The molecule has 6 nitrogen and oxygen atoms in total. The molecule has 0 saturated carbocycles. The Morgan fingerprint density at radius 1 is 1.12 bits per heavy atom. The van der Waals surface area contributed by atoms with E-state index < -0.39 is 6.61 Å². The van der Waals surface area contributed by atoms with Gasteiger partial charge >= 0.3 is 6.61 Å². The molecule has 8 heteroatoms. The van der Waals surface area contributed by atoms with E-state index in [1.165, 1.54) is 6.07 Å². The maximum Gasteiger partial charge on any atom is 0.387 e. The third-order valence-electron chi connectivity index (χ3n) is 4.26. The van der Waals surface area contributed by atoms with Gasteiger partial charge in [-0.15, -0.1) is 0 Å². The second kappa shape index (κ2) is 8.55. The fourth-order valence-electron chi connectivity index (χ4n) is 3.12. The zero-order chi connectivity index (χ0) is 18.5. The summed E-state index contributed by atoms with van der Waals surface area (Å²) in [5.74, 6) is 1.44. The minimum atomic E-state index is -2.90. The van der Waals surface area contributed by atoms with E-state index in [1.807, 2.05) is 0 Å². The molecular formula is C18H24F2N4O2. The highest BCUT2D eigenvalue weighted by Gasteiger charge is 2.21. The molecule has 1 saturated heterocycles. The van der Waals surface area contributed by atoms with Gasteiger partial charge in [0.25, 0.3) is 0 Å². The van der Waals surface area contributed by atoms with Crippen LogP contribution in [-0.2, 0) is 6.54 Å². The Balaban J connectivity index is 1.61. The van der Waals surface area contributed by atoms with Crippen molar-refractivity contribution >= 4 is 0 Å². The minimum absolute atomic E-state index is 0.0390. The fraction of sp³-hybridized carbons (Fsp3) is 0.556. The molecule has 0 spiro atoms. The van der Waals surface area contributed by atoms with E-state index in [0.29, 0.717) is 23.9 Å². The molecule has 2 aromatic rings. The standard InChI is InChI=1S/C18H24F2N4O2/c1-13(2)11-23-7-9-24(10-8-23)12-16-21-17(22-26-16)14-5-3-4-6-15(14)25-18(19)20/h3-6,13,18H,7-12H2,1-2H3. The summed E-state index contributed by atoms with van der Waals surface area (Å²) in [6.07, 6.45) is 0. The van der Waals surface area contributed by atoms with Crippen molar-refractivity contribution in [2.45, 2.75) is 27.0 Å². The molecule has 0 amide bonds. The third-order valence-corrected chi connectivity index (χ3v) is 4.26. The molecule has 0 radical (unpaired) electrons. The van der Waals surface area contributed by atoms with Gasteiger partial charge in [-0.05, 0) is 18.1 Å². The van der Waals surface area contributed by atoms with Crippen molar-refractivity contribution < 1.29 is 18.0 Å². The van der Waals surface area contributed by atoms with Gasteiger partial charge in [0.2, 0.25) is 11.7 Å². The maximum atomic E-state index is 12.5. The van der Waals surface area contributed by atoms with Crippen molar-refractivity contribution in [2.24, 2.45) is 5.92 Å². The van der Waals surface area contributed by atoms with E-state index in [2.05, 4.69) is 38.5 Å². The second-order valence-corrected chi connectivity index (χ2v) is 6.86. The van der Waals surface area contributed by atoms with Crippen molar-refractivity contribution in [1.82, 2.24) is 19.9 Å². The van der Waals surface area contributed by atoms with Crippen LogP contribution in [0.25, 0.3) is 11.4 Å². The van der Waals surface area contributed by atoms with Gasteiger partial charge in [-0.1, -0.05) is 31.1 Å². The molecule has 0 N–H and O–H groups in total. The SMILES string of the molecule is CC(C)CN1CCN(Cc2nc(-c3ccccc3OC(F)F)no2)CC1. The number of hydrogen-bond donors (Lipinski definition) is 0. The van der Waals surface area contributed by atoms with Crippen LogP contribution in [0, 0.1) is 5.92 Å². The molecule has 142 valence electrons. The van der Waals surface area contributed by atoms with Crippen LogP contribution in [0.1, 0.15) is 19.7 Å². The van der Waals surface area contributed by atoms with E-state index in [9.17, 15) is 8.78 Å². The molecule has 1 fully saturated rings. The summed E-state index contributed by atoms with van der Waals surface area (Å²) in [4.78, 5) is 9.07. The first kappa shape index (κ1) is 18.7. The second-order valence-electron chi connectivity index (χ2n) is 6.86. The Kier molecular flexibility index (Phi) is 6.16. The molecular weight excluding hydrogens is 342 g/mol. The largest absolute Gasteiger partial charge is 0.434 e. The van der Waals surface area contributed by atoms with Crippen LogP contribution < -0.4 is 4.74 Å². The number of halogens is 2. The molecule has 26 heavy (non-hydrogen) atoms. The smallest absolute Gasteiger partial charge is 0.387 e. The molecule has 2 heterocycles. The van der Waals surface area contributed by atoms with Gasteiger partial charge in [0.05, 0.1) is 12.1 Å². The molecule has 0 bridgehead atoms. The number of ether oxygens (including phenoxy) is 1. The monoisotopic (exact) mass is 366 g/mol. The number of hydrogen-bond acceptors (Lipinski definition) is 6. The summed E-state index contributed by atoms with van der Waals surface area (Å²) >= 11 is 0. The Morgan fingerprint density at radius 3 is 2.50 bits per heavy atom. The van der Waals surface area contributed by atoms with Gasteiger partial charge in [-0.25, -0.2) is 0 Å². The number of rotatable bonds is 7. The van der Waals surface area contributed by atoms with E-state index in [1.54, 1.807) is 18.2 Å². The summed E-state index contributed by atoms with van der Waals surface area (Å²) in [6.45, 7) is 7.13. The van der Waals surface area contributed by atoms with Gasteiger partial charge in [0, 0.05) is 32.7 Å². The molecule has 0 aliphatic carbocycles. The van der Waals surface area contributed by atoms with Crippen LogP contribution in [0.15, 0.2) is 28.8 Å². The van der Waals surface area contributed by atoms with Crippen LogP contribution in [0.2, 0.25) is 0 Å². The molecule has 1 aliphatic rings. The Morgan fingerprint density at radius 2 is 1.81 bits per heavy atom. The van der Waals surface area contributed by atoms with Gasteiger partial charge in [0.1, 0.15) is 5.75 Å². The lowest BCUT2D eigenvalue weighted by molar-refractivity contribution is -0.0494. The summed E-state index contributed by atoms with van der Waals surface area (Å²) in [5.41, 5.74) is 0.393. The number of para-hydroxylation sites is 1. The Hall–Kier alpha value is -2.06. The van der Waals surface area contributed by atoms with Crippen molar-refractivity contribution in [1.29, 1.82) is 0 Å². The summed E-state index contributed by atoms with van der Waals surface area (Å²) in [7, 11) is 0. The predicted molar refractivity (Wildman–Crippen MR) is 92.9 cm³/mol. The predicted octanol–water partition coefficient (Wildman–Crippen LogP) is 3.11. The molecule has 1 aromatic heterocycles. The van der Waals surface area contributed by atoms with E-state index >= 15 is 0 Å². The first-order chi connectivity index (χ1) is 12.5. The van der Waals surface area contributed by atoms with Crippen LogP contribution >= 0.6 is 0 Å². The zero-order valence-corrected chi connectivity index (χ0v) is 15.1. The number of benzene rings is 1. The molecule has 0 unspecified atom stereocenters. The lowest BCUT2D eigenvalue weighted by atomic mass is 10.2. The highest BCUT2D eigenvalue weighted by atomic mass is 19.3. The highest BCUT2D eigenvalue weighted by Crippen LogP contribution is 2.29. The van der Waals surface area contributed by atoms with Crippen molar-refractivity contribution in [3.63, 3.8) is 0 Å². The minimum Gasteiger partial charge on any atom is -0.434 e. The van der Waals surface area contributed by atoms with Gasteiger partial charge in [-0.3, -0.25) is 4.90 Å². The Bertz CT molecular complexity index is 700. The van der Waals surface area contributed by atoms with Crippen molar-refractivity contribution in [3.05, 3.63) is 30.2 Å². The topological polar surface area (TPSA) is 54.6 Å². The normalized spacial score (nSPS) is 16.5. The Labute approximate surface area is 151 Å². The molecule has 1 aliphatic heterocycles. The average Bonchev–Trinajstić information content (AvgIpc) is 3.04. The lowest BCUT2D eigenvalue weighted by Crippen LogP contribution is -2.46. The first-order valence-electron chi connectivity index (χ1n) is 8.82. The third kappa shape index (κ3) is 4.98. The summed E-state index contributed by atoms with van der Waals surface area (Å²) in [6, 6.07) is 6.44. The quantitative estimate of drug-likeness (QED) is 0.751. The first-order valence-corrected chi connectivity index (χ1v) is 8.82. The number of nitrogens with zero attached hydrogens (tertiary/aromatic N) is 4. The molecule has 3 rings (SSSR count). The average molecular weight is 366 g/mol. The summed E-state index contributed by atoms with van der Waals surface area (Å²) in [5, 5.41) is 3.93. The van der Waals surface area contributed by atoms with Gasteiger partial charge < -0.3 is 14.2 Å². The number of aromatic nitrogens is 2. The van der Waals surface area contributed by atoms with Gasteiger partial charge in [0.15, 0.2) is 0 Å². The van der Waals surface area contributed by atoms with Crippen LogP contribution in [0.5, 0.6) is 5.75 Å². The maximum absolute atomic E-state index is 12.5. The van der Waals surface area contributed by atoms with Crippen molar-refractivity contribution in [2.75, 3.05) is 32.7 Å². The van der Waals surface area contributed by atoms with Crippen LogP contribution in [-0.4, -0.2) is 59.3 Å². The van der Waals surface area contributed by atoms with E-state index in [0.717, 1.165) is 32.7 Å². The molecule has 0 atom stereocenters. The highest BCUT2D eigenvalue weighted by molar-refractivity contribution is 5.63. The molecule has 1 aromatic carbocycles. The van der Waals surface area contributed by atoms with Crippen LogP contribution in [0.4, 0.5) is 8.78 Å². The number of piperazine rings is 1. The summed E-state index contributed by atoms with van der Waals surface area (Å²) < 4.78 is 34.9. The fourth-order valence-corrected chi connectivity index (χ4v) is 3.12. The zero-order valence-electron chi connectivity index (χ0n) is 15.1. The van der Waals surface area contributed by atoms with Crippen LogP contribution in [0.3, 0.4) is 0 Å². The van der Waals surface area contributed by atoms with E-state index in [4.69, 9.17) is 4.52 Å². The van der Waals surface area contributed by atoms with E-state index in [-0.39, 0.29) is 11.6 Å².